The summed E-state index contributed by atoms with van der Waals surface area (Å²) in [7, 11) is 0. The van der Waals surface area contributed by atoms with E-state index in [2.05, 4.69) is 26.2 Å². The maximum Gasteiger partial charge on any atom is 0.234 e. The molecule has 1 aromatic rings. The van der Waals surface area contributed by atoms with Gasteiger partial charge in [0, 0.05) is 4.88 Å². The molecule has 0 spiro atoms. The van der Waals surface area contributed by atoms with Gasteiger partial charge < -0.3 is 5.32 Å². The van der Waals surface area contributed by atoms with Crippen LogP contribution in [0.4, 0.5) is 0 Å². The van der Waals surface area contributed by atoms with Gasteiger partial charge in [0.1, 0.15) is 0 Å². The lowest BCUT2D eigenvalue weighted by molar-refractivity contribution is -0.121. The zero-order valence-corrected chi connectivity index (χ0v) is 12.4. The van der Waals surface area contributed by atoms with Crippen LogP contribution in [0.2, 0.25) is 0 Å². The third-order valence-corrected chi connectivity index (χ3v) is 4.65. The van der Waals surface area contributed by atoms with Gasteiger partial charge in [0.05, 0.1) is 21.6 Å². The molecule has 1 heterocycles. The molecule has 0 saturated carbocycles. The van der Waals surface area contributed by atoms with Gasteiger partial charge in [0.15, 0.2) is 0 Å². The molecule has 1 N–H and O–H groups in total. The molecule has 1 aromatic heterocycles. The van der Waals surface area contributed by atoms with Gasteiger partial charge in [-0.05, 0) is 27.2 Å². The number of rotatable bonds is 4. The van der Waals surface area contributed by atoms with Crippen LogP contribution in [0.5, 0.6) is 0 Å². The summed E-state index contributed by atoms with van der Waals surface area (Å²) < 4.78 is 0. The summed E-state index contributed by atoms with van der Waals surface area (Å²) in [5.74, 6) is 0.0421. The van der Waals surface area contributed by atoms with E-state index in [1.807, 2.05) is 27.7 Å². The molecule has 1 rings (SSSR count). The standard InChI is InChI=1S/C11H17BrN2OS/c1-5-9(12)11(15)14-7(3)10-6(2)13-8(4)16-10/h7,9H,5H2,1-4H3,(H,14,15). The largest absolute Gasteiger partial charge is 0.348 e. The van der Waals surface area contributed by atoms with E-state index in [1.54, 1.807) is 11.3 Å². The molecule has 2 atom stereocenters. The van der Waals surface area contributed by atoms with Gasteiger partial charge in [0.2, 0.25) is 5.91 Å². The Labute approximate surface area is 109 Å². The summed E-state index contributed by atoms with van der Waals surface area (Å²) in [5, 5.41) is 4.03. The number of halogens is 1. The quantitative estimate of drug-likeness (QED) is 0.869. The molecule has 0 aliphatic carbocycles. The number of nitrogens with zero attached hydrogens (tertiary/aromatic N) is 1. The number of carbonyl (C=O) groups excluding carboxylic acids is 1. The van der Waals surface area contributed by atoms with Gasteiger partial charge in [0.25, 0.3) is 0 Å². The Hall–Kier alpha value is -0.420. The molecular weight excluding hydrogens is 288 g/mol. The van der Waals surface area contributed by atoms with E-state index in [4.69, 9.17) is 0 Å². The predicted molar refractivity (Wildman–Crippen MR) is 71.2 cm³/mol. The lowest BCUT2D eigenvalue weighted by Gasteiger charge is -2.15. The molecule has 2 unspecified atom stereocenters. The second-order valence-corrected chi connectivity index (χ2v) is 6.13. The summed E-state index contributed by atoms with van der Waals surface area (Å²) in [6.07, 6.45) is 0.791. The summed E-state index contributed by atoms with van der Waals surface area (Å²) in [6.45, 7) is 7.93. The van der Waals surface area contributed by atoms with E-state index >= 15 is 0 Å². The normalized spacial score (nSPS) is 14.6. The number of alkyl halides is 1. The topological polar surface area (TPSA) is 42.0 Å². The van der Waals surface area contributed by atoms with E-state index in [0.29, 0.717) is 0 Å². The minimum absolute atomic E-state index is 0.0327. The van der Waals surface area contributed by atoms with Crippen molar-refractivity contribution in [2.24, 2.45) is 0 Å². The monoisotopic (exact) mass is 304 g/mol. The van der Waals surface area contributed by atoms with E-state index < -0.39 is 0 Å². The molecule has 0 saturated heterocycles. The van der Waals surface area contributed by atoms with Crippen molar-refractivity contribution in [3.05, 3.63) is 15.6 Å². The van der Waals surface area contributed by atoms with Crippen molar-refractivity contribution in [2.75, 3.05) is 0 Å². The van der Waals surface area contributed by atoms with Crippen molar-refractivity contribution in [2.45, 2.75) is 45.0 Å². The number of hydrogen-bond acceptors (Lipinski definition) is 3. The average Bonchev–Trinajstić information content (AvgIpc) is 2.56. The average molecular weight is 305 g/mol. The third-order valence-electron chi connectivity index (χ3n) is 2.33. The van der Waals surface area contributed by atoms with Crippen molar-refractivity contribution in [3.63, 3.8) is 0 Å². The number of carbonyl (C=O) groups is 1. The molecule has 3 nitrogen and oxygen atoms in total. The van der Waals surface area contributed by atoms with Gasteiger partial charge in [-0.15, -0.1) is 11.3 Å². The van der Waals surface area contributed by atoms with Gasteiger partial charge in [-0.1, -0.05) is 22.9 Å². The minimum atomic E-state index is -0.107. The molecule has 5 heteroatoms. The Kier molecular flexibility index (Phi) is 4.92. The van der Waals surface area contributed by atoms with Gasteiger partial charge >= 0.3 is 0 Å². The zero-order chi connectivity index (χ0) is 12.3. The van der Waals surface area contributed by atoms with Gasteiger partial charge in [-0.25, -0.2) is 4.98 Å². The number of hydrogen-bond donors (Lipinski definition) is 1. The second-order valence-electron chi connectivity index (χ2n) is 3.79. The molecule has 0 fully saturated rings. The Balaban J connectivity index is 2.69. The molecule has 0 radical (unpaired) electrons. The smallest absolute Gasteiger partial charge is 0.234 e. The first-order chi connectivity index (χ1) is 7.45. The summed E-state index contributed by atoms with van der Waals surface area (Å²) in [5.41, 5.74) is 1.01. The molecule has 0 aliphatic rings. The highest BCUT2D eigenvalue weighted by Gasteiger charge is 2.18. The number of nitrogens with one attached hydrogen (secondary N) is 1. The van der Waals surface area contributed by atoms with Gasteiger partial charge in [-0.3, -0.25) is 4.79 Å². The molecule has 16 heavy (non-hydrogen) atoms. The Morgan fingerprint density at radius 3 is 2.62 bits per heavy atom. The minimum Gasteiger partial charge on any atom is -0.348 e. The number of amides is 1. The molecule has 0 aromatic carbocycles. The van der Waals surface area contributed by atoms with Crippen molar-refractivity contribution < 1.29 is 4.79 Å². The molecule has 0 bridgehead atoms. The summed E-state index contributed by atoms with van der Waals surface area (Å²) >= 11 is 4.99. The second kappa shape index (κ2) is 5.77. The van der Waals surface area contributed by atoms with Crippen LogP contribution in [0.25, 0.3) is 0 Å². The fourth-order valence-electron chi connectivity index (χ4n) is 1.50. The van der Waals surface area contributed by atoms with Crippen LogP contribution in [0, 0.1) is 13.8 Å². The number of aromatic nitrogens is 1. The van der Waals surface area contributed by atoms with Crippen LogP contribution < -0.4 is 5.32 Å². The maximum atomic E-state index is 11.7. The van der Waals surface area contributed by atoms with E-state index in [-0.39, 0.29) is 16.8 Å². The summed E-state index contributed by atoms with van der Waals surface area (Å²) in [6, 6.07) is 0.0327. The van der Waals surface area contributed by atoms with Gasteiger partial charge in [-0.2, -0.15) is 0 Å². The highest BCUT2D eigenvalue weighted by Crippen LogP contribution is 2.24. The number of aryl methyl sites for hydroxylation is 2. The predicted octanol–water partition coefficient (Wildman–Crippen LogP) is 3.11. The highest BCUT2D eigenvalue weighted by molar-refractivity contribution is 9.10. The Morgan fingerprint density at radius 1 is 1.56 bits per heavy atom. The lowest BCUT2D eigenvalue weighted by Crippen LogP contribution is -2.32. The maximum absolute atomic E-state index is 11.7. The van der Waals surface area contributed by atoms with Crippen molar-refractivity contribution >= 4 is 33.2 Å². The first kappa shape index (κ1) is 13.6. The van der Waals surface area contributed by atoms with Crippen LogP contribution in [0.15, 0.2) is 0 Å². The van der Waals surface area contributed by atoms with E-state index in [9.17, 15) is 4.79 Å². The fourth-order valence-corrected chi connectivity index (χ4v) is 2.57. The van der Waals surface area contributed by atoms with Crippen LogP contribution in [0.3, 0.4) is 0 Å². The Bertz CT molecular complexity index is 378. The molecule has 1 amide bonds. The fraction of sp³-hybridized carbons (Fsp3) is 0.636. The number of thiazole rings is 1. The van der Waals surface area contributed by atoms with Crippen LogP contribution in [0.1, 0.15) is 41.9 Å². The molecular formula is C11H17BrN2OS. The van der Waals surface area contributed by atoms with Crippen LogP contribution in [-0.4, -0.2) is 15.7 Å². The van der Waals surface area contributed by atoms with Crippen LogP contribution >= 0.6 is 27.3 Å². The molecule has 90 valence electrons. The van der Waals surface area contributed by atoms with Crippen LogP contribution in [-0.2, 0) is 4.79 Å². The SMILES string of the molecule is CCC(Br)C(=O)NC(C)c1sc(C)nc1C. The van der Waals surface area contributed by atoms with Crippen molar-refractivity contribution in [3.8, 4) is 0 Å². The van der Waals surface area contributed by atoms with E-state index in [1.165, 1.54) is 0 Å². The van der Waals surface area contributed by atoms with Crippen molar-refractivity contribution in [1.29, 1.82) is 0 Å². The lowest BCUT2D eigenvalue weighted by atomic mass is 10.2. The first-order valence-electron chi connectivity index (χ1n) is 5.34. The molecule has 0 aliphatic heterocycles. The first-order valence-corrected chi connectivity index (χ1v) is 7.07. The summed E-state index contributed by atoms with van der Waals surface area (Å²) in [4.78, 5) is 17.1. The Morgan fingerprint density at radius 2 is 2.19 bits per heavy atom. The third kappa shape index (κ3) is 3.28. The highest BCUT2D eigenvalue weighted by atomic mass is 79.9. The van der Waals surface area contributed by atoms with E-state index in [0.717, 1.165) is 22.0 Å². The van der Waals surface area contributed by atoms with Crippen molar-refractivity contribution in [1.82, 2.24) is 10.3 Å². The zero-order valence-electron chi connectivity index (χ0n) is 10.0.